The summed E-state index contributed by atoms with van der Waals surface area (Å²) in [5.41, 5.74) is 3.89. The smallest absolute Gasteiger partial charge is 0.303 e. The number of carboxylic acid groups (broad SMARTS) is 1. The summed E-state index contributed by atoms with van der Waals surface area (Å²) in [6.07, 6.45) is 0.233. The first-order valence-corrected chi connectivity index (χ1v) is 6.35. The molecule has 0 amide bonds. The molecule has 0 aromatic heterocycles. The molecule has 0 bridgehead atoms. The van der Waals surface area contributed by atoms with Crippen molar-refractivity contribution in [3.63, 3.8) is 0 Å². The summed E-state index contributed by atoms with van der Waals surface area (Å²) in [7, 11) is 2.04. The minimum Gasteiger partial charge on any atom is -0.481 e. The van der Waals surface area contributed by atoms with E-state index in [0.717, 1.165) is 13.1 Å². The average molecular weight is 249 g/mol. The van der Waals surface area contributed by atoms with Crippen LogP contribution >= 0.6 is 0 Å². The van der Waals surface area contributed by atoms with Gasteiger partial charge in [-0.2, -0.15) is 0 Å². The maximum Gasteiger partial charge on any atom is 0.303 e. The van der Waals surface area contributed by atoms with Crippen LogP contribution in [0.3, 0.4) is 0 Å². The number of benzene rings is 1. The van der Waals surface area contributed by atoms with E-state index in [1.807, 2.05) is 14.0 Å². The molecule has 0 fully saturated rings. The molecule has 1 unspecified atom stereocenters. The van der Waals surface area contributed by atoms with E-state index in [9.17, 15) is 4.79 Å². The fourth-order valence-electron chi connectivity index (χ4n) is 2.17. The molecule has 100 valence electrons. The highest BCUT2D eigenvalue weighted by Crippen LogP contribution is 2.12. The van der Waals surface area contributed by atoms with Crippen molar-refractivity contribution in [2.45, 2.75) is 33.7 Å². The van der Waals surface area contributed by atoms with Gasteiger partial charge in [-0.3, -0.25) is 4.79 Å². The molecule has 18 heavy (non-hydrogen) atoms. The van der Waals surface area contributed by atoms with Crippen molar-refractivity contribution in [1.29, 1.82) is 0 Å². The fourth-order valence-corrected chi connectivity index (χ4v) is 2.17. The van der Waals surface area contributed by atoms with Crippen molar-refractivity contribution in [2.75, 3.05) is 13.6 Å². The standard InChI is InChI=1S/C15H23NO2/c1-11(7-15(17)18)9-16(4)10-14-6-5-12(2)13(3)8-14/h5-6,8,11H,7,9-10H2,1-4H3,(H,17,18). The minimum atomic E-state index is -0.720. The summed E-state index contributed by atoms with van der Waals surface area (Å²) in [6, 6.07) is 6.48. The van der Waals surface area contributed by atoms with Gasteiger partial charge in [0.05, 0.1) is 0 Å². The van der Waals surface area contributed by atoms with Gasteiger partial charge in [0, 0.05) is 19.5 Å². The number of carbonyl (C=O) groups is 1. The van der Waals surface area contributed by atoms with Crippen LogP contribution in [0, 0.1) is 19.8 Å². The summed E-state index contributed by atoms with van der Waals surface area (Å²) in [6.45, 7) is 7.87. The van der Waals surface area contributed by atoms with Gasteiger partial charge in [-0.05, 0) is 43.5 Å². The number of aliphatic carboxylic acids is 1. The molecular weight excluding hydrogens is 226 g/mol. The SMILES string of the molecule is Cc1ccc(CN(C)CC(C)CC(=O)O)cc1C. The molecule has 0 aliphatic heterocycles. The van der Waals surface area contributed by atoms with Gasteiger partial charge in [-0.1, -0.05) is 25.1 Å². The summed E-state index contributed by atoms with van der Waals surface area (Å²) in [5, 5.41) is 8.73. The molecule has 0 aliphatic carbocycles. The first-order chi connectivity index (χ1) is 8.38. The number of hydrogen-bond acceptors (Lipinski definition) is 2. The Balaban J connectivity index is 2.51. The van der Waals surface area contributed by atoms with Crippen molar-refractivity contribution in [3.05, 3.63) is 34.9 Å². The van der Waals surface area contributed by atoms with Gasteiger partial charge >= 0.3 is 5.97 Å². The Hall–Kier alpha value is -1.35. The molecule has 0 heterocycles. The third-order valence-corrected chi connectivity index (χ3v) is 3.17. The highest BCUT2D eigenvalue weighted by molar-refractivity contribution is 5.66. The molecule has 0 saturated carbocycles. The first-order valence-electron chi connectivity index (χ1n) is 6.35. The Morgan fingerprint density at radius 1 is 1.33 bits per heavy atom. The molecule has 0 spiro atoms. The minimum absolute atomic E-state index is 0.180. The Bertz CT molecular complexity index is 415. The predicted octanol–water partition coefficient (Wildman–Crippen LogP) is 2.85. The quantitative estimate of drug-likeness (QED) is 0.842. The summed E-state index contributed by atoms with van der Waals surface area (Å²) in [5.74, 6) is -0.541. The molecule has 3 heteroatoms. The molecule has 3 nitrogen and oxygen atoms in total. The van der Waals surface area contributed by atoms with Crippen LogP contribution in [0.15, 0.2) is 18.2 Å². The van der Waals surface area contributed by atoms with E-state index < -0.39 is 5.97 Å². The van der Waals surface area contributed by atoms with E-state index in [1.54, 1.807) is 0 Å². The van der Waals surface area contributed by atoms with Crippen molar-refractivity contribution >= 4 is 5.97 Å². The predicted molar refractivity (Wildman–Crippen MR) is 73.7 cm³/mol. The molecule has 0 saturated heterocycles. The van der Waals surface area contributed by atoms with E-state index in [4.69, 9.17) is 5.11 Å². The molecule has 0 aliphatic rings. The second-order valence-corrected chi connectivity index (χ2v) is 5.32. The summed E-state index contributed by atoms with van der Waals surface area (Å²) in [4.78, 5) is 12.8. The maximum atomic E-state index is 10.6. The van der Waals surface area contributed by atoms with Crippen LogP contribution in [-0.4, -0.2) is 29.6 Å². The average Bonchev–Trinajstić information content (AvgIpc) is 2.21. The Morgan fingerprint density at radius 2 is 2.00 bits per heavy atom. The Labute approximate surface area is 109 Å². The van der Waals surface area contributed by atoms with Crippen molar-refractivity contribution in [1.82, 2.24) is 4.90 Å². The second-order valence-electron chi connectivity index (χ2n) is 5.32. The lowest BCUT2D eigenvalue weighted by atomic mass is 10.0. The lowest BCUT2D eigenvalue weighted by molar-refractivity contribution is -0.138. The highest BCUT2D eigenvalue weighted by atomic mass is 16.4. The van der Waals surface area contributed by atoms with Crippen LogP contribution in [0.1, 0.15) is 30.0 Å². The number of hydrogen-bond donors (Lipinski definition) is 1. The topological polar surface area (TPSA) is 40.5 Å². The van der Waals surface area contributed by atoms with Crippen LogP contribution in [0.25, 0.3) is 0 Å². The molecule has 1 N–H and O–H groups in total. The number of carboxylic acids is 1. The van der Waals surface area contributed by atoms with Crippen LogP contribution in [0.2, 0.25) is 0 Å². The van der Waals surface area contributed by atoms with Gasteiger partial charge in [0.1, 0.15) is 0 Å². The van der Waals surface area contributed by atoms with Crippen LogP contribution in [0.4, 0.5) is 0 Å². The lowest BCUT2D eigenvalue weighted by Crippen LogP contribution is -2.25. The molecular formula is C15H23NO2. The van der Waals surface area contributed by atoms with Gasteiger partial charge < -0.3 is 10.0 Å². The third kappa shape index (κ3) is 4.88. The van der Waals surface area contributed by atoms with Gasteiger partial charge in [0.15, 0.2) is 0 Å². The zero-order chi connectivity index (χ0) is 13.7. The van der Waals surface area contributed by atoms with Crippen molar-refractivity contribution < 1.29 is 9.90 Å². The van der Waals surface area contributed by atoms with Crippen molar-refractivity contribution in [3.8, 4) is 0 Å². The largest absolute Gasteiger partial charge is 0.481 e. The van der Waals surface area contributed by atoms with E-state index >= 15 is 0 Å². The molecule has 1 aromatic rings. The van der Waals surface area contributed by atoms with E-state index in [2.05, 4.69) is 36.9 Å². The molecule has 0 radical (unpaired) electrons. The van der Waals surface area contributed by atoms with Crippen LogP contribution < -0.4 is 0 Å². The molecule has 1 aromatic carbocycles. The second kappa shape index (κ2) is 6.55. The fraction of sp³-hybridized carbons (Fsp3) is 0.533. The summed E-state index contributed by atoms with van der Waals surface area (Å²) < 4.78 is 0. The number of rotatable bonds is 6. The van der Waals surface area contributed by atoms with Gasteiger partial charge in [-0.25, -0.2) is 0 Å². The Morgan fingerprint density at radius 3 is 2.56 bits per heavy atom. The Kier molecular flexibility index (Phi) is 5.35. The van der Waals surface area contributed by atoms with E-state index in [0.29, 0.717) is 0 Å². The van der Waals surface area contributed by atoms with Gasteiger partial charge in [0.2, 0.25) is 0 Å². The van der Waals surface area contributed by atoms with Gasteiger partial charge in [0.25, 0.3) is 0 Å². The lowest BCUT2D eigenvalue weighted by Gasteiger charge is -2.20. The zero-order valence-electron chi connectivity index (χ0n) is 11.7. The van der Waals surface area contributed by atoms with Crippen LogP contribution in [0.5, 0.6) is 0 Å². The van der Waals surface area contributed by atoms with Crippen molar-refractivity contribution in [2.24, 2.45) is 5.92 Å². The van der Waals surface area contributed by atoms with Gasteiger partial charge in [-0.15, -0.1) is 0 Å². The monoisotopic (exact) mass is 249 g/mol. The molecule has 1 rings (SSSR count). The maximum absolute atomic E-state index is 10.6. The zero-order valence-corrected chi connectivity index (χ0v) is 11.7. The number of nitrogens with zero attached hydrogens (tertiary/aromatic N) is 1. The normalized spacial score (nSPS) is 12.7. The number of aryl methyl sites for hydroxylation is 2. The first kappa shape index (κ1) is 14.7. The molecule has 1 atom stereocenters. The third-order valence-electron chi connectivity index (χ3n) is 3.17. The van der Waals surface area contributed by atoms with E-state index in [1.165, 1.54) is 16.7 Å². The highest BCUT2D eigenvalue weighted by Gasteiger charge is 2.10. The van der Waals surface area contributed by atoms with Crippen LogP contribution in [-0.2, 0) is 11.3 Å². The summed E-state index contributed by atoms with van der Waals surface area (Å²) >= 11 is 0. The van der Waals surface area contributed by atoms with E-state index in [-0.39, 0.29) is 12.3 Å².